The monoisotopic (exact) mass is 170 g/mol. The number of hydrogen-bond donors (Lipinski definition) is 0. The topological polar surface area (TPSA) is 26.3 Å². The summed E-state index contributed by atoms with van der Waals surface area (Å²) in [5.41, 5.74) is 1.39. The van der Waals surface area contributed by atoms with Gasteiger partial charge in [-0.2, -0.15) is 0 Å². The van der Waals surface area contributed by atoms with Gasteiger partial charge in [-0.1, -0.05) is 18.6 Å². The highest BCUT2D eigenvalue weighted by Crippen LogP contribution is 2.04. The van der Waals surface area contributed by atoms with Gasteiger partial charge in [0.1, 0.15) is 0 Å². The van der Waals surface area contributed by atoms with E-state index in [1.165, 1.54) is 12.7 Å². The SMILES string of the molecule is CCC(C)=CCCCC(=O)OC. The molecule has 0 aliphatic rings. The maximum atomic E-state index is 10.7. The molecule has 0 aromatic rings. The van der Waals surface area contributed by atoms with Crippen LogP contribution >= 0.6 is 0 Å². The van der Waals surface area contributed by atoms with Crippen molar-refractivity contribution in [2.24, 2.45) is 0 Å². The lowest BCUT2D eigenvalue weighted by Gasteiger charge is -1.97. The van der Waals surface area contributed by atoms with Gasteiger partial charge < -0.3 is 4.74 Å². The van der Waals surface area contributed by atoms with E-state index in [2.05, 4.69) is 24.7 Å². The first-order valence-corrected chi connectivity index (χ1v) is 4.43. The molecule has 0 unspecified atom stereocenters. The van der Waals surface area contributed by atoms with Crippen molar-refractivity contribution in [2.75, 3.05) is 7.11 Å². The molecule has 0 heterocycles. The molecule has 0 atom stereocenters. The third kappa shape index (κ3) is 5.96. The molecule has 0 aromatic carbocycles. The van der Waals surface area contributed by atoms with Crippen molar-refractivity contribution in [1.29, 1.82) is 0 Å². The fourth-order valence-electron chi connectivity index (χ4n) is 0.841. The molecule has 0 spiro atoms. The summed E-state index contributed by atoms with van der Waals surface area (Å²) in [6, 6.07) is 0. The van der Waals surface area contributed by atoms with Crippen LogP contribution in [0, 0.1) is 0 Å². The molecule has 0 aliphatic heterocycles. The molecule has 70 valence electrons. The van der Waals surface area contributed by atoms with Crippen molar-refractivity contribution in [1.82, 2.24) is 0 Å². The van der Waals surface area contributed by atoms with Gasteiger partial charge in [0.15, 0.2) is 0 Å². The minimum Gasteiger partial charge on any atom is -0.469 e. The Morgan fingerprint density at radius 1 is 1.50 bits per heavy atom. The van der Waals surface area contributed by atoms with E-state index in [-0.39, 0.29) is 5.97 Å². The Bertz CT molecular complexity index is 159. The fourth-order valence-corrected chi connectivity index (χ4v) is 0.841. The van der Waals surface area contributed by atoms with E-state index in [1.54, 1.807) is 0 Å². The summed E-state index contributed by atoms with van der Waals surface area (Å²) >= 11 is 0. The standard InChI is InChI=1S/C10H18O2/c1-4-9(2)7-5-6-8-10(11)12-3/h7H,4-6,8H2,1-3H3. The third-order valence-corrected chi connectivity index (χ3v) is 1.86. The number of allylic oxidation sites excluding steroid dienone is 2. The molecule has 0 aromatic heterocycles. The molecule has 0 bridgehead atoms. The number of carbonyl (C=O) groups excluding carboxylic acids is 1. The first-order chi connectivity index (χ1) is 5.70. The van der Waals surface area contributed by atoms with Crippen LogP contribution in [0.2, 0.25) is 0 Å². The molecule has 0 radical (unpaired) electrons. The van der Waals surface area contributed by atoms with Crippen LogP contribution in [-0.2, 0) is 9.53 Å². The molecule has 0 aliphatic carbocycles. The van der Waals surface area contributed by atoms with Crippen molar-refractivity contribution in [3.63, 3.8) is 0 Å². The predicted molar refractivity (Wildman–Crippen MR) is 49.9 cm³/mol. The summed E-state index contributed by atoms with van der Waals surface area (Å²) in [4.78, 5) is 10.7. The van der Waals surface area contributed by atoms with Gasteiger partial charge in [-0.3, -0.25) is 4.79 Å². The van der Waals surface area contributed by atoms with Crippen LogP contribution in [0.15, 0.2) is 11.6 Å². The van der Waals surface area contributed by atoms with E-state index >= 15 is 0 Å². The lowest BCUT2D eigenvalue weighted by Crippen LogP contribution is -1.98. The van der Waals surface area contributed by atoms with E-state index in [0.29, 0.717) is 6.42 Å². The Labute approximate surface area is 74.6 Å². The van der Waals surface area contributed by atoms with Crippen LogP contribution < -0.4 is 0 Å². The molecular weight excluding hydrogens is 152 g/mol. The van der Waals surface area contributed by atoms with Crippen molar-refractivity contribution in [3.05, 3.63) is 11.6 Å². The van der Waals surface area contributed by atoms with Crippen LogP contribution in [0.3, 0.4) is 0 Å². The summed E-state index contributed by atoms with van der Waals surface area (Å²) in [7, 11) is 1.43. The second-order valence-electron chi connectivity index (χ2n) is 2.87. The minimum absolute atomic E-state index is 0.113. The molecule has 0 N–H and O–H groups in total. The van der Waals surface area contributed by atoms with Crippen LogP contribution in [0.5, 0.6) is 0 Å². The maximum Gasteiger partial charge on any atom is 0.305 e. The number of unbranched alkanes of at least 4 members (excludes halogenated alkanes) is 1. The molecule has 0 amide bonds. The zero-order chi connectivity index (χ0) is 9.40. The number of hydrogen-bond acceptors (Lipinski definition) is 2. The van der Waals surface area contributed by atoms with Crippen molar-refractivity contribution in [3.8, 4) is 0 Å². The molecular formula is C10H18O2. The normalized spacial score (nSPS) is 11.4. The summed E-state index contributed by atoms with van der Waals surface area (Å²) in [6.07, 6.45) is 5.68. The van der Waals surface area contributed by atoms with Crippen LogP contribution in [-0.4, -0.2) is 13.1 Å². The third-order valence-electron chi connectivity index (χ3n) is 1.86. The van der Waals surface area contributed by atoms with Gasteiger partial charge >= 0.3 is 5.97 Å². The Hall–Kier alpha value is -0.790. The van der Waals surface area contributed by atoms with Gasteiger partial charge in [-0.15, -0.1) is 0 Å². The summed E-state index contributed by atoms with van der Waals surface area (Å²) in [5, 5.41) is 0. The molecule has 0 fully saturated rings. The minimum atomic E-state index is -0.113. The van der Waals surface area contributed by atoms with Gasteiger partial charge in [-0.05, 0) is 26.2 Å². The van der Waals surface area contributed by atoms with Gasteiger partial charge in [0.05, 0.1) is 7.11 Å². The highest BCUT2D eigenvalue weighted by atomic mass is 16.5. The Kier molecular flexibility index (Phi) is 6.44. The quantitative estimate of drug-likeness (QED) is 0.360. The number of esters is 1. The highest BCUT2D eigenvalue weighted by Gasteiger charge is 1.97. The fraction of sp³-hybridized carbons (Fsp3) is 0.700. The number of carbonyl (C=O) groups is 1. The summed E-state index contributed by atoms with van der Waals surface area (Å²) < 4.78 is 4.52. The number of rotatable bonds is 5. The molecule has 12 heavy (non-hydrogen) atoms. The van der Waals surface area contributed by atoms with Crippen molar-refractivity contribution in [2.45, 2.75) is 39.5 Å². The van der Waals surface area contributed by atoms with Crippen LogP contribution in [0.25, 0.3) is 0 Å². The van der Waals surface area contributed by atoms with Gasteiger partial charge in [-0.25, -0.2) is 0 Å². The average molecular weight is 170 g/mol. The first-order valence-electron chi connectivity index (χ1n) is 4.43. The number of ether oxygens (including phenoxy) is 1. The molecule has 2 heteroatoms. The second kappa shape index (κ2) is 6.89. The van der Waals surface area contributed by atoms with Gasteiger partial charge in [0.2, 0.25) is 0 Å². The zero-order valence-electron chi connectivity index (χ0n) is 8.22. The lowest BCUT2D eigenvalue weighted by atomic mass is 10.1. The van der Waals surface area contributed by atoms with Gasteiger partial charge in [0, 0.05) is 6.42 Å². The Balaban J connectivity index is 3.38. The predicted octanol–water partition coefficient (Wildman–Crippen LogP) is 2.69. The van der Waals surface area contributed by atoms with Crippen LogP contribution in [0.1, 0.15) is 39.5 Å². The largest absolute Gasteiger partial charge is 0.469 e. The Morgan fingerprint density at radius 3 is 2.67 bits per heavy atom. The Morgan fingerprint density at radius 2 is 2.17 bits per heavy atom. The average Bonchev–Trinajstić information content (AvgIpc) is 2.11. The van der Waals surface area contributed by atoms with E-state index < -0.39 is 0 Å². The smallest absolute Gasteiger partial charge is 0.305 e. The van der Waals surface area contributed by atoms with E-state index in [9.17, 15) is 4.79 Å². The summed E-state index contributed by atoms with van der Waals surface area (Å²) in [6.45, 7) is 4.24. The molecule has 0 rings (SSSR count). The van der Waals surface area contributed by atoms with Crippen molar-refractivity contribution < 1.29 is 9.53 Å². The second-order valence-corrected chi connectivity index (χ2v) is 2.87. The van der Waals surface area contributed by atoms with Gasteiger partial charge in [0.25, 0.3) is 0 Å². The van der Waals surface area contributed by atoms with E-state index in [4.69, 9.17) is 0 Å². The highest BCUT2D eigenvalue weighted by molar-refractivity contribution is 5.69. The van der Waals surface area contributed by atoms with Crippen LogP contribution in [0.4, 0.5) is 0 Å². The molecule has 2 nitrogen and oxygen atoms in total. The molecule has 0 saturated heterocycles. The first kappa shape index (κ1) is 11.2. The number of methoxy groups -OCH3 is 1. The summed E-state index contributed by atoms with van der Waals surface area (Å²) in [5.74, 6) is -0.113. The van der Waals surface area contributed by atoms with E-state index in [0.717, 1.165) is 19.3 Å². The maximum absolute atomic E-state index is 10.7. The van der Waals surface area contributed by atoms with Crippen molar-refractivity contribution >= 4 is 5.97 Å². The lowest BCUT2D eigenvalue weighted by molar-refractivity contribution is -0.140. The van der Waals surface area contributed by atoms with E-state index in [1.807, 2.05) is 0 Å². The molecule has 0 saturated carbocycles. The zero-order valence-corrected chi connectivity index (χ0v) is 8.22.